The molecule has 0 radical (unpaired) electrons. The molecule has 0 unspecified atom stereocenters. The molecule has 0 fully saturated rings. The molecular formula is C22H30Cl2N2O4. The maximum Gasteiger partial charge on any atom is 0.408 e. The van der Waals surface area contributed by atoms with E-state index in [1.165, 1.54) is 4.90 Å². The van der Waals surface area contributed by atoms with Gasteiger partial charge >= 0.3 is 6.09 Å². The first-order valence-electron chi connectivity index (χ1n) is 10.1. The number of carboxylic acid groups (broad SMARTS) is 1. The Balaban J connectivity index is 2.89. The molecule has 1 aromatic heterocycles. The standard InChI is InChI=1S/C22H30Cl2N2O4/c1-7-8-9-30-19-14-10-16(23)17(24)11-15(14)20(27)26(13(2)3)18(19)12-25(21(28)29)22(4,5)6/h10-11,13H,7-9,12H2,1-6H3,(H,28,29). The van der Waals surface area contributed by atoms with Gasteiger partial charge in [-0.1, -0.05) is 36.5 Å². The highest BCUT2D eigenvalue weighted by atomic mass is 35.5. The number of ether oxygens (including phenoxy) is 1. The van der Waals surface area contributed by atoms with Crippen LogP contribution in [0.5, 0.6) is 5.75 Å². The average Bonchev–Trinajstić information content (AvgIpc) is 2.62. The third-order valence-corrected chi connectivity index (χ3v) is 5.64. The van der Waals surface area contributed by atoms with E-state index >= 15 is 0 Å². The number of nitrogens with zero attached hydrogens (tertiary/aromatic N) is 2. The van der Waals surface area contributed by atoms with Crippen LogP contribution in [-0.2, 0) is 6.54 Å². The van der Waals surface area contributed by atoms with Crippen LogP contribution >= 0.6 is 23.2 Å². The van der Waals surface area contributed by atoms with Crippen LogP contribution in [-0.4, -0.2) is 32.8 Å². The minimum atomic E-state index is -1.07. The van der Waals surface area contributed by atoms with Crippen LogP contribution in [0.25, 0.3) is 10.8 Å². The van der Waals surface area contributed by atoms with Gasteiger partial charge in [0.25, 0.3) is 5.56 Å². The number of amides is 1. The smallest absolute Gasteiger partial charge is 0.408 e. The monoisotopic (exact) mass is 456 g/mol. The Labute approximate surface area is 187 Å². The van der Waals surface area contributed by atoms with Crippen LogP contribution in [0.3, 0.4) is 0 Å². The van der Waals surface area contributed by atoms with Crippen molar-refractivity contribution in [3.63, 3.8) is 0 Å². The fourth-order valence-electron chi connectivity index (χ4n) is 3.34. The van der Waals surface area contributed by atoms with Crippen LogP contribution < -0.4 is 10.3 Å². The second-order valence-corrected chi connectivity index (χ2v) is 9.41. The zero-order valence-electron chi connectivity index (χ0n) is 18.4. The number of hydrogen-bond donors (Lipinski definition) is 1. The summed E-state index contributed by atoms with van der Waals surface area (Å²) < 4.78 is 7.74. The van der Waals surface area contributed by atoms with Crippen LogP contribution in [0.2, 0.25) is 10.0 Å². The highest BCUT2D eigenvalue weighted by Crippen LogP contribution is 2.36. The van der Waals surface area contributed by atoms with Gasteiger partial charge in [0.15, 0.2) is 0 Å². The molecule has 0 saturated heterocycles. The van der Waals surface area contributed by atoms with Gasteiger partial charge in [-0.25, -0.2) is 4.79 Å². The molecule has 30 heavy (non-hydrogen) atoms. The van der Waals surface area contributed by atoms with Gasteiger partial charge in [-0.15, -0.1) is 0 Å². The van der Waals surface area contributed by atoms with Crippen LogP contribution in [0.1, 0.15) is 66.1 Å². The van der Waals surface area contributed by atoms with E-state index in [0.29, 0.717) is 33.8 Å². The maximum absolute atomic E-state index is 13.4. The SMILES string of the molecule is CCCCOc1c(CN(C(=O)O)C(C)(C)C)n(C(C)C)c(=O)c2cc(Cl)c(Cl)cc12. The summed E-state index contributed by atoms with van der Waals surface area (Å²) in [5, 5.41) is 11.4. The highest BCUT2D eigenvalue weighted by Gasteiger charge is 2.30. The van der Waals surface area contributed by atoms with Crippen LogP contribution in [0.4, 0.5) is 4.79 Å². The number of benzene rings is 1. The molecule has 6 nitrogen and oxygen atoms in total. The van der Waals surface area contributed by atoms with Crippen LogP contribution in [0.15, 0.2) is 16.9 Å². The van der Waals surface area contributed by atoms with Gasteiger partial charge < -0.3 is 14.4 Å². The van der Waals surface area contributed by atoms with E-state index in [0.717, 1.165) is 12.8 Å². The quantitative estimate of drug-likeness (QED) is 0.492. The highest BCUT2D eigenvalue weighted by molar-refractivity contribution is 6.42. The number of pyridine rings is 1. The number of unbranched alkanes of at least 4 members (excludes halogenated alkanes) is 1. The largest absolute Gasteiger partial charge is 0.491 e. The number of carbonyl (C=O) groups is 1. The van der Waals surface area contributed by atoms with E-state index in [4.69, 9.17) is 27.9 Å². The second-order valence-electron chi connectivity index (χ2n) is 8.60. The fourth-order valence-corrected chi connectivity index (χ4v) is 3.67. The molecular weight excluding hydrogens is 427 g/mol. The van der Waals surface area contributed by atoms with Crippen molar-refractivity contribution in [2.45, 2.75) is 72.5 Å². The summed E-state index contributed by atoms with van der Waals surface area (Å²) in [7, 11) is 0. The predicted molar refractivity (Wildman–Crippen MR) is 122 cm³/mol. The topological polar surface area (TPSA) is 71.8 Å². The lowest BCUT2D eigenvalue weighted by molar-refractivity contribution is 0.0925. The molecule has 0 atom stereocenters. The Kier molecular flexibility index (Phi) is 7.69. The van der Waals surface area contributed by atoms with Gasteiger partial charge in [0.1, 0.15) is 5.75 Å². The number of aromatic nitrogens is 1. The van der Waals surface area contributed by atoms with E-state index in [9.17, 15) is 14.7 Å². The lowest BCUT2D eigenvalue weighted by Gasteiger charge is -2.35. The molecule has 2 rings (SSSR count). The van der Waals surface area contributed by atoms with Gasteiger partial charge in [0, 0.05) is 17.0 Å². The molecule has 1 amide bonds. The van der Waals surface area contributed by atoms with E-state index in [2.05, 4.69) is 6.92 Å². The summed E-state index contributed by atoms with van der Waals surface area (Å²) in [6, 6.07) is 2.96. The lowest BCUT2D eigenvalue weighted by atomic mass is 10.0. The Hall–Kier alpha value is -1.92. The first-order chi connectivity index (χ1) is 13.9. The molecule has 8 heteroatoms. The van der Waals surface area contributed by atoms with Gasteiger partial charge in [0.2, 0.25) is 0 Å². The van der Waals surface area contributed by atoms with Crippen molar-refractivity contribution >= 4 is 40.1 Å². The van der Waals surface area contributed by atoms with Crippen molar-refractivity contribution in [2.75, 3.05) is 6.61 Å². The third kappa shape index (κ3) is 5.03. The summed E-state index contributed by atoms with van der Waals surface area (Å²) >= 11 is 12.4. The molecule has 0 aliphatic carbocycles. The van der Waals surface area contributed by atoms with E-state index < -0.39 is 11.6 Å². The summed E-state index contributed by atoms with van der Waals surface area (Å²) in [6.07, 6.45) is 0.691. The number of halogens is 2. The van der Waals surface area contributed by atoms with Gasteiger partial charge in [-0.05, 0) is 53.2 Å². The minimum Gasteiger partial charge on any atom is -0.491 e. The summed E-state index contributed by atoms with van der Waals surface area (Å²) in [6.45, 7) is 11.7. The molecule has 0 bridgehead atoms. The normalized spacial score (nSPS) is 11.9. The number of hydrogen-bond acceptors (Lipinski definition) is 3. The van der Waals surface area contributed by atoms with E-state index in [1.807, 2.05) is 34.6 Å². The van der Waals surface area contributed by atoms with Gasteiger partial charge in [-0.3, -0.25) is 9.69 Å². The number of fused-ring (bicyclic) bond motifs is 1. The van der Waals surface area contributed by atoms with E-state index in [1.54, 1.807) is 16.7 Å². The van der Waals surface area contributed by atoms with Crippen molar-refractivity contribution in [1.82, 2.24) is 9.47 Å². The first kappa shape index (κ1) is 24.4. The summed E-state index contributed by atoms with van der Waals surface area (Å²) in [5.74, 6) is 0.473. The molecule has 166 valence electrons. The third-order valence-electron chi connectivity index (χ3n) is 4.92. The zero-order valence-corrected chi connectivity index (χ0v) is 19.9. The lowest BCUT2D eigenvalue weighted by Crippen LogP contribution is -2.45. The number of rotatable bonds is 7. The fraction of sp³-hybridized carbons (Fsp3) is 0.545. The zero-order chi connectivity index (χ0) is 22.8. The van der Waals surface area contributed by atoms with Crippen molar-refractivity contribution in [3.05, 3.63) is 38.2 Å². The molecule has 1 N–H and O–H groups in total. The Bertz CT molecular complexity index is 994. The van der Waals surface area contributed by atoms with Gasteiger partial charge in [-0.2, -0.15) is 0 Å². The Morgan fingerprint density at radius 2 is 1.77 bits per heavy atom. The molecule has 0 aliphatic rings. The molecule has 0 aliphatic heterocycles. The van der Waals surface area contributed by atoms with Crippen LogP contribution in [0, 0.1) is 0 Å². The molecule has 1 aromatic carbocycles. The van der Waals surface area contributed by atoms with E-state index in [-0.39, 0.29) is 23.2 Å². The summed E-state index contributed by atoms with van der Waals surface area (Å²) in [5.41, 5.74) is -0.415. The maximum atomic E-state index is 13.4. The van der Waals surface area contributed by atoms with Crippen molar-refractivity contribution in [2.24, 2.45) is 0 Å². The van der Waals surface area contributed by atoms with Crippen molar-refractivity contribution < 1.29 is 14.6 Å². The molecule has 1 heterocycles. The average molecular weight is 457 g/mol. The first-order valence-corrected chi connectivity index (χ1v) is 10.8. The minimum absolute atomic E-state index is 0.00387. The predicted octanol–water partition coefficient (Wildman–Crippen LogP) is 6.35. The molecule has 0 spiro atoms. The van der Waals surface area contributed by atoms with Crippen molar-refractivity contribution in [3.8, 4) is 5.75 Å². The molecule has 0 saturated carbocycles. The van der Waals surface area contributed by atoms with Gasteiger partial charge in [0.05, 0.1) is 34.3 Å². The molecule has 2 aromatic rings. The summed E-state index contributed by atoms with van der Waals surface area (Å²) in [4.78, 5) is 26.7. The Morgan fingerprint density at radius 3 is 2.23 bits per heavy atom. The second kappa shape index (κ2) is 9.48. The van der Waals surface area contributed by atoms with Crippen molar-refractivity contribution in [1.29, 1.82) is 0 Å². The Morgan fingerprint density at radius 1 is 1.20 bits per heavy atom.